The van der Waals surface area contributed by atoms with Crippen LogP contribution in [0.2, 0.25) is 0 Å². The van der Waals surface area contributed by atoms with Gasteiger partial charge in [0.05, 0.1) is 12.1 Å². The zero-order valence-corrected chi connectivity index (χ0v) is 16.8. The molecule has 0 saturated heterocycles. The van der Waals surface area contributed by atoms with Crippen molar-refractivity contribution in [1.29, 1.82) is 0 Å². The highest BCUT2D eigenvalue weighted by Gasteiger charge is 2.40. The van der Waals surface area contributed by atoms with Gasteiger partial charge in [-0.2, -0.15) is 13.2 Å². The van der Waals surface area contributed by atoms with Crippen molar-refractivity contribution in [3.63, 3.8) is 0 Å². The van der Waals surface area contributed by atoms with Gasteiger partial charge in [-0.05, 0) is 41.3 Å². The summed E-state index contributed by atoms with van der Waals surface area (Å²) in [5.74, 6) is 0.302. The summed E-state index contributed by atoms with van der Waals surface area (Å²) in [4.78, 5) is 25.4. The van der Waals surface area contributed by atoms with Gasteiger partial charge < -0.3 is 9.47 Å². The van der Waals surface area contributed by atoms with Crippen LogP contribution in [0.1, 0.15) is 56.1 Å². The molecular weight excluding hydrogens is 409 g/mol. The maximum atomic E-state index is 13.5. The molecule has 160 valence electrons. The van der Waals surface area contributed by atoms with Gasteiger partial charge in [-0.3, -0.25) is 9.59 Å². The van der Waals surface area contributed by atoms with Gasteiger partial charge in [-0.15, -0.1) is 10.2 Å². The fraction of sp³-hybridized carbons (Fsp3) is 0.273. The molecule has 3 aromatic rings. The van der Waals surface area contributed by atoms with Crippen molar-refractivity contribution in [1.82, 2.24) is 14.8 Å². The number of anilines is 1. The number of carbonyl (C=O) groups is 2. The van der Waals surface area contributed by atoms with Crippen LogP contribution in [0.25, 0.3) is 0 Å². The van der Waals surface area contributed by atoms with Crippen LogP contribution in [0.5, 0.6) is 0 Å². The third kappa shape index (κ3) is 3.83. The maximum absolute atomic E-state index is 13.5. The second kappa shape index (κ2) is 7.64. The van der Waals surface area contributed by atoms with Gasteiger partial charge in [0.2, 0.25) is 0 Å². The molecule has 1 amide bonds. The Hall–Kier alpha value is -3.49. The summed E-state index contributed by atoms with van der Waals surface area (Å²) in [7, 11) is 1.85. The van der Waals surface area contributed by atoms with Crippen molar-refractivity contribution < 1.29 is 22.8 Å². The van der Waals surface area contributed by atoms with E-state index in [0.29, 0.717) is 18.4 Å². The zero-order valence-electron chi connectivity index (χ0n) is 16.8. The molecular formula is C22H19F3N4O2. The number of aromatic nitrogens is 3. The smallest absolute Gasteiger partial charge is 0.321 e. The number of benzene rings is 2. The van der Waals surface area contributed by atoms with Crippen molar-refractivity contribution in [2.24, 2.45) is 7.05 Å². The van der Waals surface area contributed by atoms with E-state index in [9.17, 15) is 22.8 Å². The van der Waals surface area contributed by atoms with E-state index in [2.05, 4.69) is 10.2 Å². The molecule has 2 aromatic carbocycles. The summed E-state index contributed by atoms with van der Waals surface area (Å²) in [6.45, 7) is 1.80. The number of aryl methyl sites for hydroxylation is 1. The molecule has 0 bridgehead atoms. The number of fused-ring (bicyclic) bond motifs is 1. The van der Waals surface area contributed by atoms with E-state index in [4.69, 9.17) is 0 Å². The first kappa shape index (κ1) is 20.8. The SMILES string of the molecule is C[C@H](Cc1nncn1C)c1cccc(N2Cc3c(cc(C=O)cc3C(F)(F)F)C2=O)c1. The minimum atomic E-state index is -4.66. The largest absolute Gasteiger partial charge is 0.416 e. The highest BCUT2D eigenvalue weighted by molar-refractivity contribution is 6.11. The van der Waals surface area contributed by atoms with Gasteiger partial charge >= 0.3 is 6.18 Å². The van der Waals surface area contributed by atoms with Crippen molar-refractivity contribution in [3.05, 3.63) is 76.4 Å². The van der Waals surface area contributed by atoms with Crippen LogP contribution >= 0.6 is 0 Å². The molecule has 4 rings (SSSR count). The number of carbonyl (C=O) groups excluding carboxylic acids is 2. The van der Waals surface area contributed by atoms with E-state index < -0.39 is 17.6 Å². The highest BCUT2D eigenvalue weighted by atomic mass is 19.4. The first-order valence-corrected chi connectivity index (χ1v) is 9.63. The summed E-state index contributed by atoms with van der Waals surface area (Å²) in [5.41, 5.74) is 0.107. The van der Waals surface area contributed by atoms with Crippen LogP contribution < -0.4 is 4.90 Å². The maximum Gasteiger partial charge on any atom is 0.416 e. The normalized spacial score (nSPS) is 14.6. The Kier molecular flexibility index (Phi) is 5.12. The Labute approximate surface area is 176 Å². The molecule has 6 nitrogen and oxygen atoms in total. The number of hydrogen-bond donors (Lipinski definition) is 0. The van der Waals surface area contributed by atoms with E-state index >= 15 is 0 Å². The first-order chi connectivity index (χ1) is 14.7. The van der Waals surface area contributed by atoms with Gasteiger partial charge in [-0.1, -0.05) is 19.1 Å². The lowest BCUT2D eigenvalue weighted by molar-refractivity contribution is -0.138. The fourth-order valence-electron chi connectivity index (χ4n) is 3.84. The average molecular weight is 428 g/mol. The molecule has 1 aliphatic heterocycles. The standard InChI is InChI=1S/C22H19F3N4O2/c1-13(6-20-27-26-12-28(20)2)15-4-3-5-16(9-15)29-10-18-17(21(29)31)7-14(11-30)8-19(18)22(23,24)25/h3-5,7-9,11-13H,6,10H2,1-2H3/t13-/m1/s1. The summed E-state index contributed by atoms with van der Waals surface area (Å²) < 4.78 is 42.4. The van der Waals surface area contributed by atoms with E-state index in [-0.39, 0.29) is 29.2 Å². The van der Waals surface area contributed by atoms with Crippen LogP contribution in [0.3, 0.4) is 0 Å². The average Bonchev–Trinajstić information content (AvgIpc) is 3.29. The fourth-order valence-corrected chi connectivity index (χ4v) is 3.84. The molecule has 0 radical (unpaired) electrons. The summed E-state index contributed by atoms with van der Waals surface area (Å²) in [6.07, 6.45) is -2.11. The van der Waals surface area contributed by atoms with E-state index in [1.54, 1.807) is 24.5 Å². The number of hydrogen-bond acceptors (Lipinski definition) is 4. The van der Waals surface area contributed by atoms with Crippen LogP contribution in [0.4, 0.5) is 18.9 Å². The molecule has 0 fully saturated rings. The van der Waals surface area contributed by atoms with E-state index in [0.717, 1.165) is 17.5 Å². The summed E-state index contributed by atoms with van der Waals surface area (Å²) >= 11 is 0. The number of halogens is 3. The number of nitrogens with zero attached hydrogens (tertiary/aromatic N) is 4. The molecule has 0 spiro atoms. The van der Waals surface area contributed by atoms with Crippen LogP contribution in [-0.2, 0) is 26.2 Å². The zero-order chi connectivity index (χ0) is 22.3. The lowest BCUT2D eigenvalue weighted by Gasteiger charge is -2.19. The predicted octanol–water partition coefficient (Wildman–Crippen LogP) is 4.15. The number of alkyl halides is 3. The van der Waals surface area contributed by atoms with Gasteiger partial charge in [-0.25, -0.2) is 0 Å². The monoisotopic (exact) mass is 428 g/mol. The Morgan fingerprint density at radius 1 is 1.23 bits per heavy atom. The van der Waals surface area contributed by atoms with Crippen LogP contribution in [0, 0.1) is 0 Å². The van der Waals surface area contributed by atoms with Crippen LogP contribution in [-0.4, -0.2) is 27.0 Å². The van der Waals surface area contributed by atoms with Crippen LogP contribution in [0.15, 0.2) is 42.7 Å². The lowest BCUT2D eigenvalue weighted by atomic mass is 9.97. The quantitative estimate of drug-likeness (QED) is 0.573. The number of aldehydes is 1. The Balaban J connectivity index is 1.66. The van der Waals surface area contributed by atoms with Gasteiger partial charge in [0.1, 0.15) is 18.4 Å². The minimum absolute atomic E-state index is 0.0512. The summed E-state index contributed by atoms with van der Waals surface area (Å²) in [5, 5.41) is 7.95. The Morgan fingerprint density at radius 3 is 2.65 bits per heavy atom. The Morgan fingerprint density at radius 2 is 2.00 bits per heavy atom. The van der Waals surface area contributed by atoms with Crippen molar-refractivity contribution >= 4 is 17.9 Å². The Bertz CT molecular complexity index is 1170. The molecule has 9 heteroatoms. The second-order valence-corrected chi connectivity index (χ2v) is 7.66. The van der Waals surface area contributed by atoms with Gasteiger partial charge in [0.15, 0.2) is 0 Å². The molecule has 1 atom stereocenters. The molecule has 31 heavy (non-hydrogen) atoms. The summed E-state index contributed by atoms with van der Waals surface area (Å²) in [6, 6.07) is 9.19. The van der Waals surface area contributed by atoms with Gasteiger partial charge in [0, 0.05) is 30.3 Å². The first-order valence-electron chi connectivity index (χ1n) is 9.63. The number of amides is 1. The number of rotatable bonds is 5. The molecule has 0 aliphatic carbocycles. The predicted molar refractivity (Wildman–Crippen MR) is 107 cm³/mol. The van der Waals surface area contributed by atoms with E-state index in [1.165, 1.54) is 11.0 Å². The van der Waals surface area contributed by atoms with Gasteiger partial charge in [0.25, 0.3) is 5.91 Å². The third-order valence-corrected chi connectivity index (χ3v) is 5.55. The second-order valence-electron chi connectivity index (χ2n) is 7.66. The molecule has 0 saturated carbocycles. The van der Waals surface area contributed by atoms with Crippen molar-refractivity contribution in [2.45, 2.75) is 32.0 Å². The van der Waals surface area contributed by atoms with Crippen molar-refractivity contribution in [3.8, 4) is 0 Å². The highest BCUT2D eigenvalue weighted by Crippen LogP contribution is 2.39. The van der Waals surface area contributed by atoms with E-state index in [1.807, 2.05) is 24.6 Å². The molecule has 1 aromatic heterocycles. The molecule has 1 aliphatic rings. The third-order valence-electron chi connectivity index (χ3n) is 5.55. The molecule has 0 N–H and O–H groups in total. The molecule has 2 heterocycles. The van der Waals surface area contributed by atoms with Crippen molar-refractivity contribution in [2.75, 3.05) is 4.90 Å². The lowest BCUT2D eigenvalue weighted by Crippen LogP contribution is -2.23. The minimum Gasteiger partial charge on any atom is -0.321 e. The molecule has 0 unspecified atom stereocenters. The topological polar surface area (TPSA) is 68.1 Å².